The zero-order valence-corrected chi connectivity index (χ0v) is 14.2. The molecule has 0 bridgehead atoms. The summed E-state index contributed by atoms with van der Waals surface area (Å²) < 4.78 is 1.15. The van der Waals surface area contributed by atoms with Crippen molar-refractivity contribution in [3.63, 3.8) is 0 Å². The molecule has 0 saturated heterocycles. The lowest BCUT2D eigenvalue weighted by Crippen LogP contribution is -2.07. The molecule has 0 heterocycles. The van der Waals surface area contributed by atoms with Crippen LogP contribution >= 0.6 is 34.2 Å². The van der Waals surface area contributed by atoms with Gasteiger partial charge in [-0.15, -0.1) is 0 Å². The van der Waals surface area contributed by atoms with Crippen molar-refractivity contribution in [1.29, 1.82) is 0 Å². The number of nitrogens with one attached hydrogen (secondary N) is 1. The Morgan fingerprint density at radius 2 is 1.68 bits per heavy atom. The topological polar surface area (TPSA) is 12.0 Å². The van der Waals surface area contributed by atoms with Gasteiger partial charge in [0.1, 0.15) is 0 Å². The van der Waals surface area contributed by atoms with Crippen LogP contribution in [0.15, 0.2) is 36.4 Å². The summed E-state index contributed by atoms with van der Waals surface area (Å²) in [5.41, 5.74) is 4.84. The highest BCUT2D eigenvalue weighted by molar-refractivity contribution is 14.1. The quantitative estimate of drug-likeness (QED) is 0.665. The monoisotopic (exact) mass is 385 g/mol. The van der Waals surface area contributed by atoms with Crippen molar-refractivity contribution >= 4 is 39.9 Å². The molecule has 0 saturated carbocycles. The van der Waals surface area contributed by atoms with Crippen molar-refractivity contribution in [2.24, 2.45) is 0 Å². The Bertz CT molecular complexity index is 575. The van der Waals surface area contributed by atoms with Gasteiger partial charge in [0.2, 0.25) is 0 Å². The van der Waals surface area contributed by atoms with E-state index in [1.165, 1.54) is 16.7 Å². The summed E-state index contributed by atoms with van der Waals surface area (Å²) in [5.74, 6) is 0. The van der Waals surface area contributed by atoms with E-state index in [4.69, 9.17) is 11.6 Å². The van der Waals surface area contributed by atoms with Crippen LogP contribution in [0.25, 0.3) is 0 Å². The van der Waals surface area contributed by atoms with E-state index in [2.05, 4.69) is 72.9 Å². The molecule has 3 heteroatoms. The maximum Gasteiger partial charge on any atom is 0.0648 e. The van der Waals surface area contributed by atoms with Crippen LogP contribution in [0.2, 0.25) is 5.02 Å². The predicted octanol–water partition coefficient (Wildman–Crippen LogP) is 5.73. The molecule has 0 amide bonds. The molecule has 100 valence electrons. The van der Waals surface area contributed by atoms with E-state index in [1.54, 1.807) is 0 Å². The third-order valence-corrected chi connectivity index (χ3v) is 4.03. The van der Waals surface area contributed by atoms with E-state index in [0.717, 1.165) is 14.3 Å². The van der Waals surface area contributed by atoms with Crippen LogP contribution in [-0.2, 0) is 0 Å². The van der Waals surface area contributed by atoms with Gasteiger partial charge in [0.05, 0.1) is 10.7 Å². The SMILES string of the molecule is Cc1cc(C)cc(C(C)Nc2ccc(I)cc2Cl)c1. The predicted molar refractivity (Wildman–Crippen MR) is 92.1 cm³/mol. The maximum absolute atomic E-state index is 6.26. The summed E-state index contributed by atoms with van der Waals surface area (Å²) in [6.07, 6.45) is 0. The fourth-order valence-corrected chi connectivity index (χ4v) is 3.09. The second kappa shape index (κ2) is 6.14. The molecule has 2 aromatic rings. The van der Waals surface area contributed by atoms with Crippen molar-refractivity contribution in [3.8, 4) is 0 Å². The highest BCUT2D eigenvalue weighted by atomic mass is 127. The molecule has 0 radical (unpaired) electrons. The largest absolute Gasteiger partial charge is 0.377 e. The van der Waals surface area contributed by atoms with E-state index < -0.39 is 0 Å². The molecule has 19 heavy (non-hydrogen) atoms. The number of aryl methyl sites for hydroxylation is 2. The minimum absolute atomic E-state index is 0.233. The average Bonchev–Trinajstić information content (AvgIpc) is 2.31. The van der Waals surface area contributed by atoms with Crippen LogP contribution in [0.3, 0.4) is 0 Å². The van der Waals surface area contributed by atoms with Crippen LogP contribution < -0.4 is 5.32 Å². The fraction of sp³-hybridized carbons (Fsp3) is 0.250. The van der Waals surface area contributed by atoms with Gasteiger partial charge in [-0.25, -0.2) is 0 Å². The Hall–Kier alpha value is -0.740. The molecular formula is C16H17ClIN. The van der Waals surface area contributed by atoms with Crippen molar-refractivity contribution in [2.75, 3.05) is 5.32 Å². The van der Waals surface area contributed by atoms with Crippen LogP contribution in [0.5, 0.6) is 0 Å². The van der Waals surface area contributed by atoms with E-state index in [0.29, 0.717) is 0 Å². The Balaban J connectivity index is 2.22. The summed E-state index contributed by atoms with van der Waals surface area (Å²) in [7, 11) is 0. The second-order valence-electron chi connectivity index (χ2n) is 4.91. The molecule has 0 spiro atoms. The average molecular weight is 386 g/mol. The summed E-state index contributed by atoms with van der Waals surface area (Å²) in [6.45, 7) is 6.41. The van der Waals surface area contributed by atoms with Crippen LogP contribution in [0, 0.1) is 17.4 Å². The molecule has 1 N–H and O–H groups in total. The molecule has 0 aliphatic rings. The van der Waals surface area contributed by atoms with Gasteiger partial charge in [0, 0.05) is 9.61 Å². The van der Waals surface area contributed by atoms with Gasteiger partial charge in [-0.1, -0.05) is 40.9 Å². The number of benzene rings is 2. The van der Waals surface area contributed by atoms with Crippen molar-refractivity contribution < 1.29 is 0 Å². The normalized spacial score (nSPS) is 12.3. The van der Waals surface area contributed by atoms with Gasteiger partial charge >= 0.3 is 0 Å². The lowest BCUT2D eigenvalue weighted by Gasteiger charge is -2.18. The molecular weight excluding hydrogens is 369 g/mol. The van der Waals surface area contributed by atoms with Crippen LogP contribution in [-0.4, -0.2) is 0 Å². The first-order valence-electron chi connectivity index (χ1n) is 6.25. The molecule has 0 aliphatic heterocycles. The maximum atomic E-state index is 6.26. The standard InChI is InChI=1S/C16H17ClIN/c1-10-6-11(2)8-13(7-10)12(3)19-16-5-4-14(18)9-15(16)17/h4-9,12,19H,1-3H3. The second-order valence-corrected chi connectivity index (χ2v) is 6.56. The third kappa shape index (κ3) is 3.86. The zero-order valence-electron chi connectivity index (χ0n) is 11.3. The summed E-state index contributed by atoms with van der Waals surface area (Å²) in [6, 6.07) is 12.9. The lowest BCUT2D eigenvalue weighted by atomic mass is 10.0. The fourth-order valence-electron chi connectivity index (χ4n) is 2.18. The Labute approximate surface area is 133 Å². The van der Waals surface area contributed by atoms with Gasteiger partial charge in [0.15, 0.2) is 0 Å². The highest BCUT2D eigenvalue weighted by Crippen LogP contribution is 2.28. The molecule has 0 fully saturated rings. The van der Waals surface area contributed by atoms with Crippen LogP contribution in [0.4, 0.5) is 5.69 Å². The van der Waals surface area contributed by atoms with Gasteiger partial charge in [0.25, 0.3) is 0 Å². The van der Waals surface area contributed by atoms with E-state index in [1.807, 2.05) is 12.1 Å². The highest BCUT2D eigenvalue weighted by Gasteiger charge is 2.08. The van der Waals surface area contributed by atoms with Gasteiger partial charge < -0.3 is 5.32 Å². The van der Waals surface area contributed by atoms with E-state index in [-0.39, 0.29) is 6.04 Å². The molecule has 1 atom stereocenters. The molecule has 1 nitrogen and oxygen atoms in total. The number of hydrogen-bond donors (Lipinski definition) is 1. The first-order valence-corrected chi connectivity index (χ1v) is 7.71. The summed E-state index contributed by atoms with van der Waals surface area (Å²) in [5, 5.41) is 4.24. The molecule has 2 rings (SSSR count). The van der Waals surface area contributed by atoms with E-state index in [9.17, 15) is 0 Å². The van der Waals surface area contributed by atoms with Crippen molar-refractivity contribution in [1.82, 2.24) is 0 Å². The van der Waals surface area contributed by atoms with Crippen molar-refractivity contribution in [2.45, 2.75) is 26.8 Å². The summed E-state index contributed by atoms with van der Waals surface area (Å²) in [4.78, 5) is 0. The molecule has 2 aromatic carbocycles. The number of anilines is 1. The van der Waals surface area contributed by atoms with Gasteiger partial charge in [-0.05, 0) is 67.1 Å². The Morgan fingerprint density at radius 1 is 1.05 bits per heavy atom. The smallest absolute Gasteiger partial charge is 0.0648 e. The van der Waals surface area contributed by atoms with Crippen LogP contribution in [0.1, 0.15) is 29.7 Å². The zero-order chi connectivity index (χ0) is 14.0. The molecule has 1 unspecified atom stereocenters. The van der Waals surface area contributed by atoms with Gasteiger partial charge in [-0.3, -0.25) is 0 Å². The number of halogens is 2. The summed E-state index contributed by atoms with van der Waals surface area (Å²) >= 11 is 8.52. The number of hydrogen-bond acceptors (Lipinski definition) is 1. The first kappa shape index (κ1) is 14.7. The number of rotatable bonds is 3. The molecule has 0 aromatic heterocycles. The van der Waals surface area contributed by atoms with Gasteiger partial charge in [-0.2, -0.15) is 0 Å². The minimum Gasteiger partial charge on any atom is -0.377 e. The lowest BCUT2D eigenvalue weighted by molar-refractivity contribution is 0.881. The minimum atomic E-state index is 0.233. The third-order valence-electron chi connectivity index (χ3n) is 3.05. The first-order chi connectivity index (χ1) is 8.95. The van der Waals surface area contributed by atoms with Crippen molar-refractivity contribution in [3.05, 3.63) is 61.7 Å². The Morgan fingerprint density at radius 3 is 2.26 bits per heavy atom. The van der Waals surface area contributed by atoms with E-state index >= 15 is 0 Å². The Kier molecular flexibility index (Phi) is 4.74. The molecule has 0 aliphatic carbocycles.